The van der Waals surface area contributed by atoms with Crippen LogP contribution >= 0.6 is 0 Å². The second-order valence-corrected chi connectivity index (χ2v) is 4.88. The van der Waals surface area contributed by atoms with E-state index in [0.29, 0.717) is 13.0 Å². The smallest absolute Gasteiger partial charge is 0.219 e. The minimum absolute atomic E-state index is 0.0676. The molecule has 20 heavy (non-hydrogen) atoms. The number of hydrogen-bond donors (Lipinski definition) is 1. The van der Waals surface area contributed by atoms with Gasteiger partial charge < -0.3 is 5.32 Å². The first-order valence-electron chi connectivity index (χ1n) is 6.95. The van der Waals surface area contributed by atoms with Gasteiger partial charge in [-0.25, -0.2) is 0 Å². The summed E-state index contributed by atoms with van der Waals surface area (Å²) in [4.78, 5) is 15.9. The van der Waals surface area contributed by atoms with Crippen LogP contribution in [0, 0.1) is 6.92 Å². The highest BCUT2D eigenvalue weighted by molar-refractivity contribution is 5.75. The first-order chi connectivity index (χ1) is 9.70. The van der Waals surface area contributed by atoms with Gasteiger partial charge in [0.25, 0.3) is 0 Å². The summed E-state index contributed by atoms with van der Waals surface area (Å²) in [7, 11) is 0. The van der Waals surface area contributed by atoms with Gasteiger partial charge in [0.05, 0.1) is 0 Å². The minimum Gasteiger partial charge on any atom is -0.355 e. The van der Waals surface area contributed by atoms with Crippen LogP contribution in [0.25, 0.3) is 0 Å². The van der Waals surface area contributed by atoms with Crippen molar-refractivity contribution < 1.29 is 4.79 Å². The summed E-state index contributed by atoms with van der Waals surface area (Å²) in [6.07, 6.45) is 2.29. The molecule has 0 spiro atoms. The summed E-state index contributed by atoms with van der Waals surface area (Å²) in [6, 6.07) is 14.3. The summed E-state index contributed by atoms with van der Waals surface area (Å²) >= 11 is 0. The number of hydrogen-bond acceptors (Lipinski definition) is 2. The molecule has 0 aliphatic rings. The molecule has 1 aromatic carbocycles. The largest absolute Gasteiger partial charge is 0.355 e. The third kappa shape index (κ3) is 3.67. The van der Waals surface area contributed by atoms with E-state index in [4.69, 9.17) is 0 Å². The number of nitrogens with zero attached hydrogens (tertiary/aromatic N) is 1. The van der Waals surface area contributed by atoms with Gasteiger partial charge in [0, 0.05) is 30.8 Å². The predicted octanol–water partition coefficient (Wildman–Crippen LogP) is 3.05. The van der Waals surface area contributed by atoms with E-state index in [1.165, 1.54) is 11.1 Å². The van der Waals surface area contributed by atoms with Gasteiger partial charge in [0.2, 0.25) is 5.91 Å². The first kappa shape index (κ1) is 14.3. The average molecular weight is 268 g/mol. The number of aryl methyl sites for hydroxylation is 1. The zero-order chi connectivity index (χ0) is 14.4. The maximum Gasteiger partial charge on any atom is 0.219 e. The van der Waals surface area contributed by atoms with Crippen LogP contribution in [0.4, 0.5) is 0 Å². The van der Waals surface area contributed by atoms with Crippen molar-refractivity contribution in [2.75, 3.05) is 6.54 Å². The van der Waals surface area contributed by atoms with Gasteiger partial charge in [-0.2, -0.15) is 0 Å². The molecule has 1 amide bonds. The number of pyridine rings is 1. The molecule has 3 nitrogen and oxygen atoms in total. The Balaban J connectivity index is 2.24. The van der Waals surface area contributed by atoms with Crippen LogP contribution in [0.2, 0.25) is 0 Å². The Kier molecular flexibility index (Phi) is 4.88. The Morgan fingerprint density at radius 1 is 1.20 bits per heavy atom. The van der Waals surface area contributed by atoms with E-state index in [-0.39, 0.29) is 11.8 Å². The molecule has 3 heteroatoms. The third-order valence-corrected chi connectivity index (χ3v) is 3.35. The van der Waals surface area contributed by atoms with Crippen molar-refractivity contribution in [2.24, 2.45) is 0 Å². The molecule has 2 aromatic rings. The van der Waals surface area contributed by atoms with E-state index in [1.54, 1.807) is 6.20 Å². The van der Waals surface area contributed by atoms with Gasteiger partial charge in [-0.05, 0) is 24.6 Å². The lowest BCUT2D eigenvalue weighted by molar-refractivity contribution is -0.120. The second kappa shape index (κ2) is 6.85. The summed E-state index contributed by atoms with van der Waals surface area (Å²) in [6.45, 7) is 4.50. The standard InChI is InChI=1S/C17H20N2O/c1-3-17(20)19-12-15(16-6-4-5-11-18-16)14-9-7-13(2)8-10-14/h4-11,15H,3,12H2,1-2H3,(H,19,20). The van der Waals surface area contributed by atoms with Crippen LogP contribution in [0.3, 0.4) is 0 Å². The number of aromatic nitrogens is 1. The normalized spacial score (nSPS) is 11.9. The van der Waals surface area contributed by atoms with Gasteiger partial charge in [-0.1, -0.05) is 42.8 Å². The van der Waals surface area contributed by atoms with Crippen molar-refractivity contribution in [2.45, 2.75) is 26.2 Å². The van der Waals surface area contributed by atoms with Crippen molar-refractivity contribution in [3.63, 3.8) is 0 Å². The summed E-state index contributed by atoms with van der Waals surface area (Å²) < 4.78 is 0. The van der Waals surface area contributed by atoms with Crippen LogP contribution in [0.5, 0.6) is 0 Å². The monoisotopic (exact) mass is 268 g/mol. The fraction of sp³-hybridized carbons (Fsp3) is 0.294. The van der Waals surface area contributed by atoms with E-state index in [2.05, 4.69) is 41.5 Å². The molecule has 1 unspecified atom stereocenters. The molecule has 1 N–H and O–H groups in total. The molecule has 2 rings (SSSR count). The van der Waals surface area contributed by atoms with Gasteiger partial charge >= 0.3 is 0 Å². The second-order valence-electron chi connectivity index (χ2n) is 4.88. The molecule has 0 saturated carbocycles. The lowest BCUT2D eigenvalue weighted by Crippen LogP contribution is -2.28. The van der Waals surface area contributed by atoms with Crippen molar-refractivity contribution in [1.82, 2.24) is 10.3 Å². The van der Waals surface area contributed by atoms with Crippen molar-refractivity contribution in [3.05, 3.63) is 65.5 Å². The zero-order valence-corrected chi connectivity index (χ0v) is 12.0. The van der Waals surface area contributed by atoms with Crippen molar-refractivity contribution >= 4 is 5.91 Å². The van der Waals surface area contributed by atoms with Crippen molar-refractivity contribution in [1.29, 1.82) is 0 Å². The Bertz CT molecular complexity index is 549. The summed E-state index contributed by atoms with van der Waals surface area (Å²) in [5, 5.41) is 2.97. The Labute approximate surface area is 120 Å². The van der Waals surface area contributed by atoms with E-state index >= 15 is 0 Å². The molecule has 1 atom stereocenters. The molecule has 0 bridgehead atoms. The first-order valence-corrected chi connectivity index (χ1v) is 6.95. The molecular formula is C17H20N2O. The highest BCUT2D eigenvalue weighted by Gasteiger charge is 2.15. The Morgan fingerprint density at radius 3 is 2.55 bits per heavy atom. The lowest BCUT2D eigenvalue weighted by Gasteiger charge is -2.18. The number of amides is 1. The van der Waals surface area contributed by atoms with E-state index in [1.807, 2.05) is 25.1 Å². The molecule has 104 valence electrons. The Hall–Kier alpha value is -2.16. The fourth-order valence-corrected chi connectivity index (χ4v) is 2.11. The third-order valence-electron chi connectivity index (χ3n) is 3.35. The predicted molar refractivity (Wildman–Crippen MR) is 80.6 cm³/mol. The minimum atomic E-state index is 0.0676. The quantitative estimate of drug-likeness (QED) is 0.905. The number of carbonyl (C=O) groups excluding carboxylic acids is 1. The molecular weight excluding hydrogens is 248 g/mol. The van der Waals surface area contributed by atoms with Crippen LogP contribution in [0.1, 0.15) is 36.1 Å². The summed E-state index contributed by atoms with van der Waals surface area (Å²) in [5.41, 5.74) is 3.38. The topological polar surface area (TPSA) is 42.0 Å². The Morgan fingerprint density at radius 2 is 1.95 bits per heavy atom. The fourth-order valence-electron chi connectivity index (χ4n) is 2.11. The number of benzene rings is 1. The van der Waals surface area contributed by atoms with Crippen molar-refractivity contribution in [3.8, 4) is 0 Å². The SMILES string of the molecule is CCC(=O)NCC(c1ccc(C)cc1)c1ccccn1. The lowest BCUT2D eigenvalue weighted by atomic mass is 9.94. The van der Waals surface area contributed by atoms with E-state index in [0.717, 1.165) is 5.69 Å². The van der Waals surface area contributed by atoms with Crippen LogP contribution in [-0.4, -0.2) is 17.4 Å². The molecule has 0 aliphatic carbocycles. The van der Waals surface area contributed by atoms with Crippen LogP contribution in [-0.2, 0) is 4.79 Å². The molecule has 0 saturated heterocycles. The van der Waals surface area contributed by atoms with E-state index < -0.39 is 0 Å². The number of carbonyl (C=O) groups is 1. The van der Waals surface area contributed by atoms with E-state index in [9.17, 15) is 4.79 Å². The summed E-state index contributed by atoms with van der Waals surface area (Å²) in [5.74, 6) is 0.158. The highest BCUT2D eigenvalue weighted by Crippen LogP contribution is 2.22. The average Bonchev–Trinajstić information content (AvgIpc) is 2.50. The van der Waals surface area contributed by atoms with Gasteiger partial charge in [-0.3, -0.25) is 9.78 Å². The molecule has 1 aromatic heterocycles. The van der Waals surface area contributed by atoms with Crippen LogP contribution < -0.4 is 5.32 Å². The maximum absolute atomic E-state index is 11.5. The molecule has 1 heterocycles. The number of nitrogens with one attached hydrogen (secondary N) is 1. The molecule has 0 radical (unpaired) electrons. The molecule has 0 fully saturated rings. The van der Waals surface area contributed by atoms with Gasteiger partial charge in [-0.15, -0.1) is 0 Å². The van der Waals surface area contributed by atoms with Gasteiger partial charge in [0.15, 0.2) is 0 Å². The van der Waals surface area contributed by atoms with Crippen LogP contribution in [0.15, 0.2) is 48.7 Å². The number of rotatable bonds is 5. The highest BCUT2D eigenvalue weighted by atomic mass is 16.1. The maximum atomic E-state index is 11.5. The molecule has 0 aliphatic heterocycles. The van der Waals surface area contributed by atoms with Gasteiger partial charge in [0.1, 0.15) is 0 Å². The zero-order valence-electron chi connectivity index (χ0n) is 12.0.